The SMILES string of the molecule is O=C(Cc1cccs1)N[C@H]1C(=O)N2C(C(=O)OC(c3ccccc3)c3ccccc3)=C(CO)CS[C@@H]12. The number of ether oxygens (including phenoxy) is 1. The second-order valence-corrected chi connectivity index (χ2v) is 10.6. The number of β-lactam (4-membered cyclic amide) rings is 1. The molecule has 5 rings (SSSR count). The van der Waals surface area contributed by atoms with Crippen molar-refractivity contribution in [1.82, 2.24) is 10.2 Å². The molecule has 1 saturated heterocycles. The zero-order valence-electron chi connectivity index (χ0n) is 19.2. The molecule has 0 unspecified atom stereocenters. The van der Waals surface area contributed by atoms with E-state index in [-0.39, 0.29) is 30.5 Å². The number of benzene rings is 2. The lowest BCUT2D eigenvalue weighted by molar-refractivity contribution is -0.154. The smallest absolute Gasteiger partial charge is 0.356 e. The van der Waals surface area contributed by atoms with Gasteiger partial charge in [-0.2, -0.15) is 0 Å². The molecule has 2 aliphatic rings. The summed E-state index contributed by atoms with van der Waals surface area (Å²) >= 11 is 2.89. The molecule has 2 aliphatic heterocycles. The molecule has 1 fully saturated rings. The van der Waals surface area contributed by atoms with Crippen molar-refractivity contribution in [3.63, 3.8) is 0 Å². The molecular weight excluding hydrogens is 496 g/mol. The molecule has 9 heteroatoms. The van der Waals surface area contributed by atoms with Crippen LogP contribution in [0, 0.1) is 0 Å². The normalized spacial score (nSPS) is 19.1. The summed E-state index contributed by atoms with van der Waals surface area (Å²) in [6.07, 6.45) is -0.487. The second-order valence-electron chi connectivity index (χ2n) is 8.43. The number of rotatable bonds is 8. The van der Waals surface area contributed by atoms with Gasteiger partial charge in [0.05, 0.1) is 13.0 Å². The van der Waals surface area contributed by atoms with Crippen molar-refractivity contribution in [2.75, 3.05) is 12.4 Å². The van der Waals surface area contributed by atoms with Crippen molar-refractivity contribution in [2.24, 2.45) is 0 Å². The first-order valence-corrected chi connectivity index (χ1v) is 13.4. The predicted octanol–water partition coefficient (Wildman–Crippen LogP) is 3.27. The Balaban J connectivity index is 1.36. The Bertz CT molecular complexity index is 1240. The van der Waals surface area contributed by atoms with Crippen molar-refractivity contribution in [3.8, 4) is 0 Å². The van der Waals surface area contributed by atoms with Crippen LogP contribution in [0.5, 0.6) is 0 Å². The number of thioether (sulfide) groups is 1. The number of nitrogens with zero attached hydrogens (tertiary/aromatic N) is 1. The zero-order valence-corrected chi connectivity index (χ0v) is 20.8. The highest BCUT2D eigenvalue weighted by atomic mass is 32.2. The molecule has 0 aliphatic carbocycles. The van der Waals surface area contributed by atoms with Crippen LogP contribution in [0.3, 0.4) is 0 Å². The molecule has 2 amide bonds. The van der Waals surface area contributed by atoms with Gasteiger partial charge >= 0.3 is 5.97 Å². The maximum absolute atomic E-state index is 13.5. The number of esters is 1. The van der Waals surface area contributed by atoms with E-state index in [0.29, 0.717) is 11.3 Å². The van der Waals surface area contributed by atoms with Crippen LogP contribution < -0.4 is 5.32 Å². The molecule has 1 aromatic heterocycles. The number of hydrogen-bond donors (Lipinski definition) is 2. The van der Waals surface area contributed by atoms with E-state index in [1.165, 1.54) is 28.0 Å². The summed E-state index contributed by atoms with van der Waals surface area (Å²) < 4.78 is 5.98. The fourth-order valence-corrected chi connectivity index (χ4v) is 6.37. The van der Waals surface area contributed by atoms with Crippen molar-refractivity contribution >= 4 is 40.9 Å². The quantitative estimate of drug-likeness (QED) is 0.350. The number of aliphatic hydroxyl groups excluding tert-OH is 1. The van der Waals surface area contributed by atoms with E-state index in [0.717, 1.165) is 16.0 Å². The fraction of sp³-hybridized carbons (Fsp3) is 0.222. The molecule has 2 atom stereocenters. The van der Waals surface area contributed by atoms with E-state index < -0.39 is 23.5 Å². The first-order chi connectivity index (χ1) is 17.6. The minimum absolute atomic E-state index is 0.0619. The maximum atomic E-state index is 13.5. The summed E-state index contributed by atoms with van der Waals surface area (Å²) in [7, 11) is 0. The van der Waals surface area contributed by atoms with Crippen LogP contribution in [0.2, 0.25) is 0 Å². The Morgan fingerprint density at radius 2 is 1.69 bits per heavy atom. The summed E-state index contributed by atoms with van der Waals surface area (Å²) in [5.74, 6) is -0.960. The molecular formula is C27H24N2O5S2. The van der Waals surface area contributed by atoms with Crippen molar-refractivity contribution < 1.29 is 24.2 Å². The minimum Gasteiger partial charge on any atom is -0.448 e. The fourth-order valence-electron chi connectivity index (χ4n) is 4.34. The molecule has 36 heavy (non-hydrogen) atoms. The summed E-state index contributed by atoms with van der Waals surface area (Å²) in [6.45, 7) is -0.370. The first kappa shape index (κ1) is 24.3. The number of amides is 2. The van der Waals surface area contributed by atoms with Crippen LogP contribution in [0.15, 0.2) is 89.4 Å². The van der Waals surface area contributed by atoms with Gasteiger partial charge in [0.1, 0.15) is 17.1 Å². The number of carbonyl (C=O) groups excluding carboxylic acids is 3. The number of nitrogens with one attached hydrogen (secondary N) is 1. The van der Waals surface area contributed by atoms with E-state index in [4.69, 9.17) is 4.74 Å². The van der Waals surface area contributed by atoms with Gasteiger partial charge in [-0.05, 0) is 28.1 Å². The van der Waals surface area contributed by atoms with E-state index in [9.17, 15) is 19.5 Å². The highest BCUT2D eigenvalue weighted by Crippen LogP contribution is 2.41. The lowest BCUT2D eigenvalue weighted by atomic mass is 10.0. The van der Waals surface area contributed by atoms with E-state index in [1.807, 2.05) is 78.2 Å². The number of aliphatic hydroxyl groups is 1. The summed E-state index contributed by atoms with van der Waals surface area (Å²) in [5.41, 5.74) is 2.07. The van der Waals surface area contributed by atoms with Crippen molar-refractivity contribution in [3.05, 3.63) is 105 Å². The minimum atomic E-state index is -0.732. The number of fused-ring (bicyclic) bond motifs is 1. The topological polar surface area (TPSA) is 95.9 Å². The van der Waals surface area contributed by atoms with Crippen LogP contribution in [-0.2, 0) is 25.5 Å². The number of carbonyl (C=O) groups is 3. The Hall–Kier alpha value is -3.40. The highest BCUT2D eigenvalue weighted by Gasteiger charge is 2.54. The molecule has 184 valence electrons. The highest BCUT2D eigenvalue weighted by molar-refractivity contribution is 8.00. The number of hydrogen-bond acceptors (Lipinski definition) is 7. The van der Waals surface area contributed by atoms with E-state index in [1.54, 1.807) is 0 Å². The molecule has 3 aromatic rings. The van der Waals surface area contributed by atoms with Gasteiger partial charge < -0.3 is 15.2 Å². The monoisotopic (exact) mass is 520 g/mol. The molecule has 0 bridgehead atoms. The lowest BCUT2D eigenvalue weighted by Gasteiger charge is -2.49. The van der Waals surface area contributed by atoms with E-state index in [2.05, 4.69) is 5.32 Å². The lowest BCUT2D eigenvalue weighted by Crippen LogP contribution is -2.70. The molecule has 7 nitrogen and oxygen atoms in total. The van der Waals surface area contributed by atoms with Gasteiger partial charge in [0.15, 0.2) is 6.10 Å². The Morgan fingerprint density at radius 1 is 1.03 bits per heavy atom. The van der Waals surface area contributed by atoms with Gasteiger partial charge in [0.25, 0.3) is 5.91 Å². The summed E-state index contributed by atoms with van der Waals surface area (Å²) in [4.78, 5) is 41.4. The van der Waals surface area contributed by atoms with Crippen LogP contribution >= 0.6 is 23.1 Å². The van der Waals surface area contributed by atoms with Crippen LogP contribution in [0.25, 0.3) is 0 Å². The number of thiophene rings is 1. The van der Waals surface area contributed by atoms with E-state index >= 15 is 0 Å². The Morgan fingerprint density at radius 3 is 2.28 bits per heavy atom. The second kappa shape index (κ2) is 10.7. The molecule has 0 radical (unpaired) electrons. The van der Waals surface area contributed by atoms with Gasteiger partial charge in [-0.25, -0.2) is 4.79 Å². The van der Waals surface area contributed by atoms with Crippen LogP contribution in [0.4, 0.5) is 0 Å². The molecule has 2 aromatic carbocycles. The van der Waals surface area contributed by atoms with Crippen LogP contribution in [-0.4, -0.2) is 51.6 Å². The third kappa shape index (κ3) is 4.82. The Labute approximate surface area is 216 Å². The van der Waals surface area contributed by atoms with Gasteiger partial charge in [0, 0.05) is 10.6 Å². The maximum Gasteiger partial charge on any atom is 0.356 e. The largest absolute Gasteiger partial charge is 0.448 e. The Kier molecular flexibility index (Phi) is 7.22. The molecule has 3 heterocycles. The van der Waals surface area contributed by atoms with Gasteiger partial charge in [0.2, 0.25) is 5.91 Å². The third-order valence-corrected chi connectivity index (χ3v) is 8.31. The zero-order chi connectivity index (χ0) is 25.1. The summed E-state index contributed by atoms with van der Waals surface area (Å²) in [6, 6.07) is 21.7. The molecule has 0 saturated carbocycles. The van der Waals surface area contributed by atoms with Gasteiger partial charge in [-0.15, -0.1) is 23.1 Å². The summed E-state index contributed by atoms with van der Waals surface area (Å²) in [5, 5.41) is 14.2. The van der Waals surface area contributed by atoms with Crippen molar-refractivity contribution in [1.29, 1.82) is 0 Å². The van der Waals surface area contributed by atoms with Crippen molar-refractivity contribution in [2.45, 2.75) is 23.9 Å². The van der Waals surface area contributed by atoms with Gasteiger partial charge in [-0.1, -0.05) is 66.7 Å². The third-order valence-electron chi connectivity index (χ3n) is 6.09. The predicted molar refractivity (Wildman–Crippen MR) is 138 cm³/mol. The first-order valence-electron chi connectivity index (χ1n) is 11.5. The standard InChI is InChI=1S/C27H24N2O5S2/c30-15-19-16-36-26-22(28-21(31)14-20-12-7-13-35-20)25(32)29(26)23(19)27(33)34-24(17-8-3-1-4-9-17)18-10-5-2-6-11-18/h1-13,22,24,26,30H,14-16H2,(H,28,31)/t22-,26-/m0/s1. The van der Waals surface area contributed by atoms with Crippen LogP contribution in [0.1, 0.15) is 22.1 Å². The average molecular weight is 521 g/mol. The van der Waals surface area contributed by atoms with Gasteiger partial charge in [-0.3, -0.25) is 14.5 Å². The average Bonchev–Trinajstić information content (AvgIpc) is 3.43. The molecule has 0 spiro atoms. The molecule has 2 N–H and O–H groups in total.